The monoisotopic (exact) mass is 364 g/mol. The van der Waals surface area contributed by atoms with Crippen LogP contribution in [0.25, 0.3) is 0 Å². The Kier molecular flexibility index (Phi) is 4.58. The molecule has 0 bridgehead atoms. The molecule has 0 aliphatic heterocycles. The molecule has 0 saturated carbocycles. The zero-order valence-corrected chi connectivity index (χ0v) is 13.9. The molecule has 0 spiro atoms. The van der Waals surface area contributed by atoms with Gasteiger partial charge in [-0.25, -0.2) is 8.42 Å². The maximum Gasteiger partial charge on any atom is 0.265 e. The summed E-state index contributed by atoms with van der Waals surface area (Å²) in [6.45, 7) is 1.70. The molecule has 0 aliphatic rings. The molecule has 0 fully saturated rings. The van der Waals surface area contributed by atoms with Crippen molar-refractivity contribution in [2.45, 2.75) is 11.8 Å². The van der Waals surface area contributed by atoms with E-state index in [-0.39, 0.29) is 20.6 Å². The number of nitrogen functional groups attached to an aromatic ring is 1. The summed E-state index contributed by atoms with van der Waals surface area (Å²) in [6.07, 6.45) is 0. The van der Waals surface area contributed by atoms with E-state index in [1.165, 1.54) is 12.1 Å². The molecule has 4 nitrogen and oxygen atoms in total. The van der Waals surface area contributed by atoms with Gasteiger partial charge in [-0.15, -0.1) is 0 Å². The van der Waals surface area contributed by atoms with Crippen LogP contribution in [0.2, 0.25) is 15.1 Å². The summed E-state index contributed by atoms with van der Waals surface area (Å²) in [4.78, 5) is -0.215. The Morgan fingerprint density at radius 3 is 2.38 bits per heavy atom. The first-order chi connectivity index (χ1) is 9.72. The van der Waals surface area contributed by atoms with Gasteiger partial charge in [0, 0.05) is 10.0 Å². The minimum absolute atomic E-state index is 0.0281. The lowest BCUT2D eigenvalue weighted by Crippen LogP contribution is -2.16. The second kappa shape index (κ2) is 5.93. The van der Waals surface area contributed by atoms with E-state index in [4.69, 9.17) is 40.5 Å². The van der Waals surface area contributed by atoms with Crippen molar-refractivity contribution in [1.29, 1.82) is 0 Å². The number of rotatable bonds is 3. The molecule has 0 aliphatic carbocycles. The van der Waals surface area contributed by atoms with E-state index in [0.29, 0.717) is 16.3 Å². The van der Waals surface area contributed by atoms with Gasteiger partial charge in [0.25, 0.3) is 10.0 Å². The van der Waals surface area contributed by atoms with Gasteiger partial charge in [0.15, 0.2) is 0 Å². The molecular weight excluding hydrogens is 355 g/mol. The van der Waals surface area contributed by atoms with Gasteiger partial charge in [-0.2, -0.15) is 0 Å². The molecule has 0 aromatic heterocycles. The first kappa shape index (κ1) is 16.2. The van der Waals surface area contributed by atoms with Crippen LogP contribution in [0.15, 0.2) is 35.2 Å². The highest BCUT2D eigenvalue weighted by atomic mass is 35.5. The molecule has 2 aromatic rings. The number of benzene rings is 2. The normalized spacial score (nSPS) is 11.4. The van der Waals surface area contributed by atoms with Gasteiger partial charge < -0.3 is 5.73 Å². The van der Waals surface area contributed by atoms with Crippen molar-refractivity contribution in [3.8, 4) is 0 Å². The van der Waals surface area contributed by atoms with Crippen molar-refractivity contribution in [2.24, 2.45) is 0 Å². The lowest BCUT2D eigenvalue weighted by atomic mass is 10.2. The van der Waals surface area contributed by atoms with Gasteiger partial charge in [-0.1, -0.05) is 40.9 Å². The standard InChI is InChI=1S/C13H11Cl3N2O2S/c1-7-9(15)3-2-4-12(7)18-21(19,20)13-10(16)5-8(14)6-11(13)17/h2-6,18H,17H2,1H3. The van der Waals surface area contributed by atoms with Crippen molar-refractivity contribution < 1.29 is 8.42 Å². The predicted octanol–water partition coefficient (Wildman–Crippen LogP) is 4.34. The fraction of sp³-hybridized carbons (Fsp3) is 0.0769. The zero-order chi connectivity index (χ0) is 15.8. The van der Waals surface area contributed by atoms with Crippen molar-refractivity contribution in [3.63, 3.8) is 0 Å². The fourth-order valence-corrected chi connectivity index (χ4v) is 4.06. The van der Waals surface area contributed by atoms with E-state index in [1.807, 2.05) is 0 Å². The van der Waals surface area contributed by atoms with Gasteiger partial charge in [0.1, 0.15) is 4.90 Å². The Labute approximate surface area is 137 Å². The SMILES string of the molecule is Cc1c(Cl)cccc1NS(=O)(=O)c1c(N)cc(Cl)cc1Cl. The lowest BCUT2D eigenvalue weighted by molar-refractivity contribution is 0.601. The highest BCUT2D eigenvalue weighted by Gasteiger charge is 2.23. The molecule has 21 heavy (non-hydrogen) atoms. The molecule has 0 saturated heterocycles. The molecule has 2 aromatic carbocycles. The number of halogens is 3. The number of nitrogens with one attached hydrogen (secondary N) is 1. The summed E-state index contributed by atoms with van der Waals surface area (Å²) < 4.78 is 27.3. The number of hydrogen-bond acceptors (Lipinski definition) is 3. The molecule has 0 atom stereocenters. The van der Waals surface area contributed by atoms with Gasteiger partial charge in [-0.3, -0.25) is 4.72 Å². The Morgan fingerprint density at radius 2 is 1.76 bits per heavy atom. The minimum Gasteiger partial charge on any atom is -0.398 e. The summed E-state index contributed by atoms with van der Waals surface area (Å²) in [7, 11) is -3.95. The van der Waals surface area contributed by atoms with Crippen LogP contribution < -0.4 is 10.5 Å². The maximum atomic E-state index is 12.5. The molecule has 8 heteroatoms. The summed E-state index contributed by atoms with van der Waals surface area (Å²) in [5.41, 5.74) is 6.65. The highest BCUT2D eigenvalue weighted by molar-refractivity contribution is 7.93. The smallest absolute Gasteiger partial charge is 0.265 e. The topological polar surface area (TPSA) is 72.2 Å². The second-order valence-electron chi connectivity index (χ2n) is 4.32. The number of sulfonamides is 1. The van der Waals surface area contributed by atoms with Gasteiger partial charge >= 0.3 is 0 Å². The molecular formula is C13H11Cl3N2O2S. The number of anilines is 2. The summed E-state index contributed by atoms with van der Waals surface area (Å²) in [5, 5.41) is 0.660. The molecule has 112 valence electrons. The molecule has 2 rings (SSSR count). The van der Waals surface area contributed by atoms with E-state index < -0.39 is 10.0 Å². The predicted molar refractivity (Wildman–Crippen MR) is 87.9 cm³/mol. The van der Waals surface area contributed by atoms with E-state index in [0.717, 1.165) is 0 Å². The molecule has 0 unspecified atom stereocenters. The van der Waals surface area contributed by atoms with Crippen molar-refractivity contribution >= 4 is 56.2 Å². The van der Waals surface area contributed by atoms with Gasteiger partial charge in [0.2, 0.25) is 0 Å². The van der Waals surface area contributed by atoms with Crippen LogP contribution >= 0.6 is 34.8 Å². The van der Waals surface area contributed by atoms with Gasteiger partial charge in [-0.05, 0) is 36.8 Å². The van der Waals surface area contributed by atoms with Crippen molar-refractivity contribution in [3.05, 3.63) is 51.0 Å². The largest absolute Gasteiger partial charge is 0.398 e. The Morgan fingerprint density at radius 1 is 1.10 bits per heavy atom. The summed E-state index contributed by atoms with van der Waals surface area (Å²) >= 11 is 17.7. The minimum atomic E-state index is -3.95. The van der Waals surface area contributed by atoms with E-state index in [1.54, 1.807) is 25.1 Å². The van der Waals surface area contributed by atoms with Crippen LogP contribution in [-0.4, -0.2) is 8.42 Å². The second-order valence-corrected chi connectivity index (χ2v) is 7.19. The summed E-state index contributed by atoms with van der Waals surface area (Å²) in [5.74, 6) is 0. The van der Waals surface area contributed by atoms with Crippen LogP contribution in [0.4, 0.5) is 11.4 Å². The van der Waals surface area contributed by atoms with Crippen LogP contribution in [0.5, 0.6) is 0 Å². The van der Waals surface area contributed by atoms with Crippen LogP contribution in [0, 0.1) is 6.92 Å². The van der Waals surface area contributed by atoms with E-state index >= 15 is 0 Å². The Balaban J connectivity index is 2.51. The first-order valence-electron chi connectivity index (χ1n) is 5.75. The summed E-state index contributed by atoms with van der Waals surface area (Å²) in [6, 6.07) is 7.54. The van der Waals surface area contributed by atoms with Crippen LogP contribution in [0.1, 0.15) is 5.56 Å². The van der Waals surface area contributed by atoms with Crippen LogP contribution in [-0.2, 0) is 10.0 Å². The third-order valence-corrected chi connectivity index (χ3v) is 5.34. The fourth-order valence-electron chi connectivity index (χ4n) is 1.78. The average molecular weight is 366 g/mol. The van der Waals surface area contributed by atoms with Crippen molar-refractivity contribution in [2.75, 3.05) is 10.5 Å². The van der Waals surface area contributed by atoms with Crippen LogP contribution in [0.3, 0.4) is 0 Å². The molecule has 3 N–H and O–H groups in total. The van der Waals surface area contributed by atoms with Crippen molar-refractivity contribution in [1.82, 2.24) is 0 Å². The first-order valence-corrected chi connectivity index (χ1v) is 8.36. The van der Waals surface area contributed by atoms with E-state index in [2.05, 4.69) is 4.72 Å². The average Bonchev–Trinajstić information content (AvgIpc) is 2.33. The quantitative estimate of drug-likeness (QED) is 0.795. The highest BCUT2D eigenvalue weighted by Crippen LogP contribution is 2.33. The molecule has 0 radical (unpaired) electrons. The molecule has 0 amide bonds. The van der Waals surface area contributed by atoms with E-state index in [9.17, 15) is 8.42 Å². The third-order valence-electron chi connectivity index (χ3n) is 2.82. The number of hydrogen-bond donors (Lipinski definition) is 2. The zero-order valence-electron chi connectivity index (χ0n) is 10.8. The number of nitrogens with two attached hydrogens (primary N) is 1. The maximum absolute atomic E-state index is 12.5. The van der Waals surface area contributed by atoms with Gasteiger partial charge in [0.05, 0.1) is 16.4 Å². The Bertz CT molecular complexity index is 784. The lowest BCUT2D eigenvalue weighted by Gasteiger charge is -2.14. The third kappa shape index (κ3) is 3.37. The Hall–Kier alpha value is -1.14. The molecule has 0 heterocycles.